The van der Waals surface area contributed by atoms with Crippen molar-refractivity contribution in [2.45, 2.75) is 69.4 Å². The van der Waals surface area contributed by atoms with Crippen molar-refractivity contribution in [1.82, 2.24) is 30.3 Å². The zero-order chi connectivity index (χ0) is 40.1. The van der Waals surface area contributed by atoms with Crippen LogP contribution in [0, 0.1) is 16.6 Å². The van der Waals surface area contributed by atoms with Crippen molar-refractivity contribution >= 4 is 29.6 Å². The van der Waals surface area contributed by atoms with Gasteiger partial charge in [0.05, 0.1) is 16.5 Å². The van der Waals surface area contributed by atoms with Crippen molar-refractivity contribution in [1.29, 1.82) is 5.41 Å². The molecule has 1 aliphatic heterocycles. The van der Waals surface area contributed by atoms with Gasteiger partial charge in [0.1, 0.15) is 29.8 Å². The molecule has 0 bridgehead atoms. The largest absolute Gasteiger partial charge is 0.447 e. The lowest BCUT2D eigenvalue weighted by atomic mass is 9.73. The molecule has 3 N–H and O–H groups in total. The number of ether oxygens (including phenoxy) is 1. The molecule has 2 amide bonds. The molecule has 6 rings (SSSR count). The lowest BCUT2D eigenvalue weighted by Crippen LogP contribution is -2.50. The molecule has 0 radical (unpaired) electrons. The maximum absolute atomic E-state index is 14.9. The summed E-state index contributed by atoms with van der Waals surface area (Å²) in [5.74, 6) is -2.71. The first-order chi connectivity index (χ1) is 25.8. The normalized spacial score (nSPS) is 18.8. The van der Waals surface area contributed by atoms with E-state index in [4.69, 9.17) is 21.7 Å². The molecule has 3 aromatic carbocycles. The third-order valence-corrected chi connectivity index (χ3v) is 10.1. The van der Waals surface area contributed by atoms with Crippen LogP contribution in [-0.2, 0) is 15.1 Å². The molecule has 1 saturated heterocycles. The van der Waals surface area contributed by atoms with Gasteiger partial charge in [-0.1, -0.05) is 67.9 Å². The number of rotatable bonds is 12. The van der Waals surface area contributed by atoms with E-state index < -0.39 is 84.3 Å². The zero-order valence-corrected chi connectivity index (χ0v) is 29.7. The lowest BCUT2D eigenvalue weighted by molar-refractivity contribution is -0.218. The number of alkyl carbamates (subject to hydrolysis) is 1. The summed E-state index contributed by atoms with van der Waals surface area (Å²) in [5, 5.41) is 17.1. The van der Waals surface area contributed by atoms with Crippen LogP contribution in [-0.4, -0.2) is 62.4 Å². The third-order valence-electron chi connectivity index (χ3n) is 9.80. The second-order valence-corrected chi connectivity index (χ2v) is 14.3. The summed E-state index contributed by atoms with van der Waals surface area (Å²) >= 11 is 6.38. The van der Waals surface area contributed by atoms with Crippen molar-refractivity contribution in [3.63, 3.8) is 0 Å². The fourth-order valence-electron chi connectivity index (χ4n) is 6.44. The second-order valence-electron chi connectivity index (χ2n) is 13.9. The number of benzene rings is 3. The third kappa shape index (κ3) is 7.55. The van der Waals surface area contributed by atoms with E-state index in [9.17, 15) is 44.7 Å². The Morgan fingerprint density at radius 3 is 2.20 bits per heavy atom. The first-order valence-corrected chi connectivity index (χ1v) is 17.0. The lowest BCUT2D eigenvalue weighted by Gasteiger charge is -2.37. The minimum Gasteiger partial charge on any atom is -0.447 e. The summed E-state index contributed by atoms with van der Waals surface area (Å²) in [6.07, 6.45) is -9.25. The fourth-order valence-corrected chi connectivity index (χ4v) is 6.65. The maximum Gasteiger partial charge on any atom is 0.407 e. The average molecular weight is 798 g/mol. The zero-order valence-electron chi connectivity index (χ0n) is 28.9. The van der Waals surface area contributed by atoms with Crippen LogP contribution >= 0.6 is 11.6 Å². The van der Waals surface area contributed by atoms with Gasteiger partial charge in [0.15, 0.2) is 11.8 Å². The molecule has 10 nitrogen and oxygen atoms in total. The van der Waals surface area contributed by atoms with E-state index in [-0.39, 0.29) is 39.2 Å². The molecular weight excluding hydrogens is 766 g/mol. The van der Waals surface area contributed by atoms with Crippen LogP contribution in [0.25, 0.3) is 22.5 Å². The van der Waals surface area contributed by atoms with E-state index in [1.165, 1.54) is 66.7 Å². The number of aromatic nitrogens is 3. The Morgan fingerprint density at radius 1 is 1.02 bits per heavy atom. The summed E-state index contributed by atoms with van der Waals surface area (Å²) in [4.78, 5) is 32.3. The second kappa shape index (κ2) is 14.4. The summed E-state index contributed by atoms with van der Waals surface area (Å²) in [7, 11) is 0. The van der Waals surface area contributed by atoms with Crippen LogP contribution in [0.2, 0.25) is 5.02 Å². The van der Waals surface area contributed by atoms with Crippen molar-refractivity contribution in [3.05, 3.63) is 95.0 Å². The Morgan fingerprint density at radius 2 is 1.64 bits per heavy atom. The number of hydrogen-bond acceptors (Lipinski definition) is 6. The summed E-state index contributed by atoms with van der Waals surface area (Å²) in [6, 6.07) is 13.4. The molecule has 1 aromatic heterocycles. The van der Waals surface area contributed by atoms with Gasteiger partial charge >= 0.3 is 18.8 Å². The molecule has 1 saturated carbocycles. The maximum atomic E-state index is 14.9. The van der Waals surface area contributed by atoms with Crippen LogP contribution in [0.15, 0.2) is 73.1 Å². The average Bonchev–Trinajstić information content (AvgIpc) is 3.65. The van der Waals surface area contributed by atoms with Gasteiger partial charge in [-0.15, -0.1) is 0 Å². The molecule has 2 aliphatic rings. The SMILES string of the molecule is CC(C)(C[C@]1(c2ccc(-c3ccc(F)cc3)cc2)NC(=N)N([C@H](COC(=O)NC2(C(F)F)CC2)c2ccc(Cl)c(-c3ncnn3C(F)F)c2)C1=O)C(F)(F)F. The molecule has 1 aliphatic carbocycles. The van der Waals surface area contributed by atoms with Crippen molar-refractivity contribution in [2.75, 3.05) is 6.61 Å². The van der Waals surface area contributed by atoms with Gasteiger partial charge in [-0.3, -0.25) is 15.1 Å². The molecular formula is C36H32ClF8N7O3. The van der Waals surface area contributed by atoms with Crippen LogP contribution in [0.3, 0.4) is 0 Å². The Hall–Kier alpha value is -5.26. The minimum atomic E-state index is -4.85. The van der Waals surface area contributed by atoms with Gasteiger partial charge in [-0.2, -0.15) is 31.7 Å². The van der Waals surface area contributed by atoms with Crippen LogP contribution in [0.5, 0.6) is 0 Å². The first-order valence-electron chi connectivity index (χ1n) is 16.6. The Kier molecular flexibility index (Phi) is 10.3. The van der Waals surface area contributed by atoms with Gasteiger partial charge in [-0.25, -0.2) is 22.9 Å². The molecule has 2 atom stereocenters. The number of nitrogens with zero attached hydrogens (tertiary/aromatic N) is 4. The molecule has 0 spiro atoms. The highest BCUT2D eigenvalue weighted by Gasteiger charge is 2.60. The number of amides is 2. The number of carbonyl (C=O) groups is 2. The molecule has 292 valence electrons. The van der Waals surface area contributed by atoms with Gasteiger partial charge < -0.3 is 15.4 Å². The number of nitrogens with one attached hydrogen (secondary N) is 3. The number of halogens is 9. The van der Waals surface area contributed by atoms with Gasteiger partial charge in [0, 0.05) is 5.56 Å². The van der Waals surface area contributed by atoms with Crippen LogP contribution in [0.1, 0.15) is 56.8 Å². The Balaban J connectivity index is 1.44. The number of alkyl halides is 7. The molecule has 2 fully saturated rings. The minimum absolute atomic E-state index is 0.0107. The summed E-state index contributed by atoms with van der Waals surface area (Å²) < 4.78 is 118. The monoisotopic (exact) mass is 797 g/mol. The quantitative estimate of drug-likeness (QED) is 0.123. The first kappa shape index (κ1) is 39.4. The molecule has 2 heterocycles. The molecule has 4 aromatic rings. The number of guanidine groups is 1. The molecule has 0 unspecified atom stereocenters. The standard InChI is InChI=1S/C36H32ClF8N7O3/c1-33(2,36(43,44)45)17-35(22-8-3-19(4-9-22)20-5-10-23(38)11-6-20)29(53)51(31(46)49-35)26(16-55-32(54)50-34(13-14-34)28(39)40)21-7-12-25(37)24(15-21)27-47-18-48-52(27)30(41)42/h3-12,15,18,26,28,30H,13-14,16-17H2,1-2H3,(H2,46,49)(H,50,54)/t26-,35-/m1/s1. The Labute approximate surface area is 313 Å². The number of carbonyl (C=O) groups excluding carboxylic acids is 2. The predicted molar refractivity (Wildman–Crippen MR) is 183 cm³/mol. The van der Waals surface area contributed by atoms with Crippen molar-refractivity contribution < 1.29 is 49.4 Å². The van der Waals surface area contributed by atoms with Crippen molar-refractivity contribution in [2.24, 2.45) is 5.41 Å². The van der Waals surface area contributed by atoms with E-state index in [1.54, 1.807) is 0 Å². The Bertz CT molecular complexity index is 2090. The topological polar surface area (TPSA) is 125 Å². The van der Waals surface area contributed by atoms with E-state index in [1.807, 2.05) is 0 Å². The van der Waals surface area contributed by atoms with Gasteiger partial charge in [0.2, 0.25) is 0 Å². The highest BCUT2D eigenvalue weighted by Crippen LogP contribution is 2.49. The highest BCUT2D eigenvalue weighted by atomic mass is 35.5. The van der Waals surface area contributed by atoms with E-state index in [2.05, 4.69) is 20.7 Å². The summed E-state index contributed by atoms with van der Waals surface area (Å²) in [5.41, 5.74) is -5.67. The van der Waals surface area contributed by atoms with Crippen LogP contribution < -0.4 is 10.6 Å². The van der Waals surface area contributed by atoms with E-state index in [0.717, 1.165) is 25.1 Å². The fraction of sp³-hybridized carbons (Fsp3) is 0.361. The smallest absolute Gasteiger partial charge is 0.407 e. The summed E-state index contributed by atoms with van der Waals surface area (Å²) in [6.45, 7) is -2.23. The van der Waals surface area contributed by atoms with Crippen molar-refractivity contribution in [3.8, 4) is 22.5 Å². The van der Waals surface area contributed by atoms with Crippen LogP contribution in [0.4, 0.5) is 39.9 Å². The number of hydrogen-bond donors (Lipinski definition) is 3. The molecule has 19 heteroatoms. The highest BCUT2D eigenvalue weighted by molar-refractivity contribution is 6.33. The van der Waals surface area contributed by atoms with E-state index >= 15 is 0 Å². The van der Waals surface area contributed by atoms with Gasteiger partial charge in [0.25, 0.3) is 12.3 Å². The van der Waals surface area contributed by atoms with Gasteiger partial charge in [-0.05, 0) is 65.8 Å². The molecule has 55 heavy (non-hydrogen) atoms. The predicted octanol–water partition coefficient (Wildman–Crippen LogP) is 8.61. The van der Waals surface area contributed by atoms with E-state index in [0.29, 0.717) is 11.1 Å².